The fourth-order valence-electron chi connectivity index (χ4n) is 2.01. The van der Waals surface area contributed by atoms with Crippen molar-refractivity contribution >= 4 is 19.2 Å². The molecule has 0 amide bonds. The fraction of sp³-hybridized carbons (Fsp3) is 0.800. The molecule has 1 unspecified atom stereocenters. The van der Waals surface area contributed by atoms with Gasteiger partial charge in [-0.05, 0) is 20.8 Å². The summed E-state index contributed by atoms with van der Waals surface area (Å²) < 4.78 is 0. The van der Waals surface area contributed by atoms with Crippen LogP contribution in [0.5, 0.6) is 0 Å². The average Bonchev–Trinajstić information content (AvgIpc) is 2.19. The summed E-state index contributed by atoms with van der Waals surface area (Å²) >= 11 is 0. The molecule has 88 valence electrons. The molecule has 15 heavy (non-hydrogen) atoms. The Kier molecular flexibility index (Phi) is 5.81. The third-order valence-corrected chi connectivity index (χ3v) is 8.71. The summed E-state index contributed by atoms with van der Waals surface area (Å²) in [5.74, 6) is -1.96. The van der Waals surface area contributed by atoms with Gasteiger partial charge < -0.3 is 10.2 Å². The van der Waals surface area contributed by atoms with Crippen LogP contribution < -0.4 is 0 Å². The van der Waals surface area contributed by atoms with E-state index in [2.05, 4.69) is 0 Å². The van der Waals surface area contributed by atoms with Crippen molar-refractivity contribution in [3.63, 3.8) is 0 Å². The van der Waals surface area contributed by atoms with Gasteiger partial charge in [0.1, 0.15) is 0 Å². The molecule has 0 aromatic rings. The summed E-state index contributed by atoms with van der Waals surface area (Å²) in [6.07, 6.45) is 2.19. The smallest absolute Gasteiger partial charge is 0.345 e. The van der Waals surface area contributed by atoms with Gasteiger partial charge in [-0.2, -0.15) is 0 Å². The summed E-state index contributed by atoms with van der Waals surface area (Å²) in [5.41, 5.74) is -0.671. The van der Waals surface area contributed by atoms with Gasteiger partial charge in [0.2, 0.25) is 0 Å². The first-order valence-corrected chi connectivity index (χ1v) is 7.65. The van der Waals surface area contributed by atoms with E-state index in [-0.39, 0.29) is 6.42 Å². The number of hydrogen-bond donors (Lipinski definition) is 2. The van der Waals surface area contributed by atoms with E-state index in [1.165, 1.54) is 0 Å². The van der Waals surface area contributed by atoms with E-state index >= 15 is 0 Å². The van der Waals surface area contributed by atoms with Crippen LogP contribution in [0, 0.1) is 0 Å². The minimum absolute atomic E-state index is 0.237. The number of aliphatic carboxylic acids is 2. The second-order valence-corrected chi connectivity index (χ2v) is 8.58. The molecular weight excluding hydrogens is 215 g/mol. The Bertz CT molecular complexity index is 227. The van der Waals surface area contributed by atoms with Gasteiger partial charge in [0, 0.05) is 7.26 Å². The van der Waals surface area contributed by atoms with Crippen LogP contribution in [-0.4, -0.2) is 46.3 Å². The van der Waals surface area contributed by atoms with E-state index in [0.717, 1.165) is 18.5 Å². The lowest BCUT2D eigenvalue weighted by atomic mass is 10.3. The van der Waals surface area contributed by atoms with Crippen LogP contribution in [0.25, 0.3) is 0 Å². The van der Waals surface area contributed by atoms with Crippen molar-refractivity contribution in [2.45, 2.75) is 32.9 Å². The molecule has 0 aromatic carbocycles. The van der Waals surface area contributed by atoms with Gasteiger partial charge in [0.15, 0.2) is 5.66 Å². The molecule has 0 aliphatic carbocycles. The first-order chi connectivity index (χ1) is 6.93. The maximum atomic E-state index is 11.1. The Morgan fingerprint density at radius 1 is 1.07 bits per heavy atom. The molecule has 4 nitrogen and oxygen atoms in total. The van der Waals surface area contributed by atoms with Crippen LogP contribution in [0.15, 0.2) is 0 Å². The van der Waals surface area contributed by atoms with Gasteiger partial charge in [0.25, 0.3) is 0 Å². The second-order valence-electron chi connectivity index (χ2n) is 3.62. The Labute approximate surface area is 91.0 Å². The summed E-state index contributed by atoms with van der Waals surface area (Å²) in [6, 6.07) is 0. The normalized spacial score (nSPS) is 13.5. The zero-order valence-electron chi connectivity index (χ0n) is 9.56. The molecule has 0 rings (SSSR count). The lowest BCUT2D eigenvalue weighted by molar-refractivity contribution is -0.143. The first kappa shape index (κ1) is 14.4. The van der Waals surface area contributed by atoms with Crippen molar-refractivity contribution in [3.05, 3.63) is 0 Å². The Hall–Kier alpha value is -0.630. The van der Waals surface area contributed by atoms with Gasteiger partial charge >= 0.3 is 11.9 Å². The highest BCUT2D eigenvalue weighted by Crippen LogP contribution is 2.63. The Morgan fingerprint density at radius 3 is 1.67 bits per heavy atom. The van der Waals surface area contributed by atoms with Crippen molar-refractivity contribution in [1.82, 2.24) is 0 Å². The second kappa shape index (κ2) is 6.06. The van der Waals surface area contributed by atoms with Crippen LogP contribution in [0.2, 0.25) is 0 Å². The molecule has 0 radical (unpaired) electrons. The SMILES string of the molecule is CC[P+](CC)(CC)C(CC(=O)O)C(=O)O. The quantitative estimate of drug-likeness (QED) is 0.662. The predicted octanol–water partition coefficient (Wildman–Crippen LogP) is 1.99. The highest BCUT2D eigenvalue weighted by Gasteiger charge is 2.46. The Morgan fingerprint density at radius 2 is 1.47 bits per heavy atom. The lowest BCUT2D eigenvalue weighted by Gasteiger charge is -2.28. The van der Waals surface area contributed by atoms with E-state index in [9.17, 15) is 9.59 Å². The van der Waals surface area contributed by atoms with Crippen molar-refractivity contribution in [2.75, 3.05) is 18.5 Å². The number of carboxylic acid groups (broad SMARTS) is 2. The molecule has 5 heteroatoms. The molecule has 0 bridgehead atoms. The first-order valence-electron chi connectivity index (χ1n) is 5.23. The van der Waals surface area contributed by atoms with Crippen LogP contribution in [-0.2, 0) is 9.59 Å². The van der Waals surface area contributed by atoms with Gasteiger partial charge in [-0.3, -0.25) is 4.79 Å². The molecule has 0 saturated carbocycles. The van der Waals surface area contributed by atoms with Crippen molar-refractivity contribution in [2.24, 2.45) is 0 Å². The molecule has 0 spiro atoms. The maximum absolute atomic E-state index is 11.1. The van der Waals surface area contributed by atoms with Crippen LogP contribution in [0.3, 0.4) is 0 Å². The molecule has 0 heterocycles. The van der Waals surface area contributed by atoms with E-state index in [1.807, 2.05) is 20.8 Å². The highest BCUT2D eigenvalue weighted by molar-refractivity contribution is 7.77. The standard InChI is InChI=1S/C10H19O4P/c1-4-15(5-2,6-3)8(10(13)14)7-9(11)12/h8H,4-7H2,1-3H3,(H-,11,12,13,14)/p+1. The summed E-state index contributed by atoms with van der Waals surface area (Å²) in [4.78, 5) is 21.8. The number of rotatable bonds is 7. The topological polar surface area (TPSA) is 74.6 Å². The minimum atomic E-state index is -1.64. The highest BCUT2D eigenvalue weighted by atomic mass is 31.2. The fourth-order valence-corrected chi connectivity index (χ4v) is 5.69. The zero-order valence-corrected chi connectivity index (χ0v) is 10.5. The van der Waals surface area contributed by atoms with Crippen molar-refractivity contribution in [1.29, 1.82) is 0 Å². The summed E-state index contributed by atoms with van der Waals surface area (Å²) in [6.45, 7) is 5.91. The van der Waals surface area contributed by atoms with Crippen LogP contribution in [0.4, 0.5) is 0 Å². The van der Waals surface area contributed by atoms with Gasteiger partial charge in [-0.15, -0.1) is 0 Å². The number of hydrogen-bond acceptors (Lipinski definition) is 2. The molecule has 0 aliphatic heterocycles. The number of carboxylic acids is 2. The van der Waals surface area contributed by atoms with Crippen LogP contribution in [0.1, 0.15) is 27.2 Å². The largest absolute Gasteiger partial charge is 0.481 e. The molecule has 0 aliphatic rings. The zero-order chi connectivity index (χ0) is 12.1. The summed E-state index contributed by atoms with van der Waals surface area (Å²) in [5, 5.41) is 17.9. The van der Waals surface area contributed by atoms with Crippen LogP contribution >= 0.6 is 7.26 Å². The van der Waals surface area contributed by atoms with Crippen molar-refractivity contribution in [3.8, 4) is 0 Å². The maximum Gasteiger partial charge on any atom is 0.345 e. The third kappa shape index (κ3) is 3.45. The van der Waals surface area contributed by atoms with E-state index in [0.29, 0.717) is 0 Å². The van der Waals surface area contributed by atoms with E-state index in [1.54, 1.807) is 0 Å². The average molecular weight is 235 g/mol. The third-order valence-electron chi connectivity index (χ3n) is 3.20. The predicted molar refractivity (Wildman–Crippen MR) is 62.2 cm³/mol. The summed E-state index contributed by atoms with van der Waals surface area (Å²) in [7, 11) is -1.64. The monoisotopic (exact) mass is 235 g/mol. The van der Waals surface area contributed by atoms with Crippen molar-refractivity contribution < 1.29 is 19.8 Å². The van der Waals surface area contributed by atoms with E-state index < -0.39 is 24.9 Å². The number of carbonyl (C=O) groups is 2. The molecular formula is C10H20O4P+. The molecule has 0 saturated heterocycles. The van der Waals surface area contributed by atoms with Gasteiger partial charge in [0.05, 0.1) is 24.9 Å². The van der Waals surface area contributed by atoms with Gasteiger partial charge in [-0.1, -0.05) is 0 Å². The van der Waals surface area contributed by atoms with E-state index in [4.69, 9.17) is 10.2 Å². The Balaban J connectivity index is 4.99. The molecule has 1 atom stereocenters. The van der Waals surface area contributed by atoms with Gasteiger partial charge in [-0.25, -0.2) is 4.79 Å². The minimum Gasteiger partial charge on any atom is -0.481 e. The molecule has 0 fully saturated rings. The molecule has 0 aromatic heterocycles. The molecule has 2 N–H and O–H groups in total. The lowest BCUT2D eigenvalue weighted by Crippen LogP contribution is -2.30.